The number of nitrogens with zero attached hydrogens (tertiary/aromatic N) is 3. The van der Waals surface area contributed by atoms with E-state index < -0.39 is 22.1 Å². The van der Waals surface area contributed by atoms with Crippen molar-refractivity contribution in [1.82, 2.24) is 9.88 Å². The molecule has 1 aromatic heterocycles. The second-order valence-corrected chi connectivity index (χ2v) is 5.01. The zero-order valence-electron chi connectivity index (χ0n) is 12.0. The van der Waals surface area contributed by atoms with Crippen molar-refractivity contribution in [2.75, 3.05) is 0 Å². The maximum Gasteiger partial charge on any atom is 0.287 e. The summed E-state index contributed by atoms with van der Waals surface area (Å²) in [7, 11) is 0. The molecule has 0 bridgehead atoms. The number of hydrogen-bond acceptors (Lipinski definition) is 5. The maximum atomic E-state index is 11.9. The number of amides is 1. The van der Waals surface area contributed by atoms with E-state index in [0.29, 0.717) is 0 Å². The van der Waals surface area contributed by atoms with Crippen molar-refractivity contribution in [2.24, 2.45) is 5.92 Å². The lowest BCUT2D eigenvalue weighted by Crippen LogP contribution is -2.40. The highest BCUT2D eigenvalue weighted by Gasteiger charge is 2.17. The Hall–Kier alpha value is -2.69. The van der Waals surface area contributed by atoms with E-state index in [1.165, 1.54) is 0 Å². The van der Waals surface area contributed by atoms with Gasteiger partial charge >= 0.3 is 0 Å². The first kappa shape index (κ1) is 16.4. The van der Waals surface area contributed by atoms with Crippen LogP contribution in [0.3, 0.4) is 0 Å². The van der Waals surface area contributed by atoms with Crippen molar-refractivity contribution in [3.05, 3.63) is 38.3 Å². The van der Waals surface area contributed by atoms with Gasteiger partial charge in [-0.1, -0.05) is 13.8 Å². The molecule has 0 aliphatic carbocycles. The van der Waals surface area contributed by atoms with Crippen LogP contribution in [0.1, 0.15) is 26.3 Å². The molecular formula is C13H16N4O4. The first-order valence-electron chi connectivity index (χ1n) is 6.34. The Morgan fingerprint density at radius 1 is 1.52 bits per heavy atom. The van der Waals surface area contributed by atoms with Gasteiger partial charge in [-0.15, -0.1) is 0 Å². The van der Waals surface area contributed by atoms with E-state index in [0.717, 1.165) is 16.8 Å². The van der Waals surface area contributed by atoms with Crippen molar-refractivity contribution >= 4 is 11.6 Å². The zero-order chi connectivity index (χ0) is 16.2. The molecule has 0 aliphatic rings. The Balaban J connectivity index is 3.06. The third kappa shape index (κ3) is 4.14. The number of nitriles is 1. The fraction of sp³-hybridized carbons (Fsp3) is 0.462. The lowest BCUT2D eigenvalue weighted by Gasteiger charge is -2.17. The number of hydrogen-bond donors (Lipinski definition) is 1. The molecule has 0 spiro atoms. The maximum absolute atomic E-state index is 11.9. The largest absolute Gasteiger partial charge is 0.352 e. The monoisotopic (exact) mass is 292 g/mol. The quantitative estimate of drug-likeness (QED) is 0.635. The Morgan fingerprint density at radius 3 is 2.62 bits per heavy atom. The summed E-state index contributed by atoms with van der Waals surface area (Å²) in [5.74, 6) is -0.229. The molecule has 21 heavy (non-hydrogen) atoms. The van der Waals surface area contributed by atoms with Gasteiger partial charge in [0.25, 0.3) is 11.2 Å². The number of rotatable bonds is 5. The summed E-state index contributed by atoms with van der Waals surface area (Å²) in [6.07, 6.45) is 0.961. The predicted molar refractivity (Wildman–Crippen MR) is 74.5 cm³/mol. The average molecular weight is 292 g/mol. The second-order valence-electron chi connectivity index (χ2n) is 5.01. The van der Waals surface area contributed by atoms with E-state index in [1.54, 1.807) is 6.07 Å². The first-order chi connectivity index (χ1) is 9.76. The molecule has 1 N–H and O–H groups in total. The minimum Gasteiger partial charge on any atom is -0.352 e. The van der Waals surface area contributed by atoms with Gasteiger partial charge in [0.1, 0.15) is 18.2 Å². The SMILES string of the molecule is CC(C)[C@@H](C)NC(=O)Cn1cc([N+](=O)[O-])cc(C#N)c1=O. The van der Waals surface area contributed by atoms with Crippen LogP contribution in [-0.2, 0) is 11.3 Å². The van der Waals surface area contributed by atoms with Gasteiger partial charge in [0, 0.05) is 12.1 Å². The van der Waals surface area contributed by atoms with Crippen LogP contribution in [0.2, 0.25) is 0 Å². The molecule has 8 nitrogen and oxygen atoms in total. The van der Waals surface area contributed by atoms with Crippen molar-refractivity contribution in [1.29, 1.82) is 5.26 Å². The summed E-state index contributed by atoms with van der Waals surface area (Å²) in [5.41, 5.74) is -1.50. The van der Waals surface area contributed by atoms with Gasteiger partial charge in [-0.05, 0) is 12.8 Å². The Bertz CT molecular complexity index is 657. The standard InChI is InChI=1S/C13H16N4O4/c1-8(2)9(3)15-12(18)7-16-6-11(17(20)21)4-10(5-14)13(16)19/h4,6,8-9H,7H2,1-3H3,(H,15,18)/t9-/m1/s1. The Morgan fingerprint density at radius 2 is 2.14 bits per heavy atom. The third-order valence-electron chi connectivity index (χ3n) is 3.11. The van der Waals surface area contributed by atoms with Crippen LogP contribution in [-0.4, -0.2) is 21.4 Å². The van der Waals surface area contributed by atoms with Crippen molar-refractivity contribution in [2.45, 2.75) is 33.4 Å². The van der Waals surface area contributed by atoms with Crippen LogP contribution in [0.4, 0.5) is 5.69 Å². The first-order valence-corrected chi connectivity index (χ1v) is 6.34. The fourth-order valence-electron chi connectivity index (χ4n) is 1.54. The summed E-state index contributed by atoms with van der Waals surface area (Å²) in [5, 5.41) is 22.3. The summed E-state index contributed by atoms with van der Waals surface area (Å²) in [4.78, 5) is 33.8. The van der Waals surface area contributed by atoms with E-state index in [1.807, 2.05) is 20.8 Å². The average Bonchev–Trinajstić information content (AvgIpc) is 2.40. The lowest BCUT2D eigenvalue weighted by atomic mass is 10.1. The van der Waals surface area contributed by atoms with Gasteiger partial charge in [0.05, 0.1) is 11.1 Å². The van der Waals surface area contributed by atoms with Gasteiger partial charge in [0.2, 0.25) is 5.91 Å². The van der Waals surface area contributed by atoms with Crippen LogP contribution < -0.4 is 10.9 Å². The van der Waals surface area contributed by atoms with E-state index in [2.05, 4.69) is 5.32 Å². The molecule has 1 heterocycles. The summed E-state index contributed by atoms with van der Waals surface area (Å²) < 4.78 is 0.874. The Kier molecular flexibility index (Phi) is 5.18. The van der Waals surface area contributed by atoms with E-state index >= 15 is 0 Å². The van der Waals surface area contributed by atoms with Crippen LogP contribution in [0, 0.1) is 27.4 Å². The lowest BCUT2D eigenvalue weighted by molar-refractivity contribution is -0.385. The molecule has 0 saturated heterocycles. The molecule has 1 rings (SSSR count). The molecule has 1 aromatic rings. The van der Waals surface area contributed by atoms with Crippen molar-refractivity contribution in [3.63, 3.8) is 0 Å². The highest BCUT2D eigenvalue weighted by molar-refractivity contribution is 5.76. The third-order valence-corrected chi connectivity index (χ3v) is 3.11. The number of carbonyl (C=O) groups is 1. The molecule has 0 fully saturated rings. The number of pyridine rings is 1. The summed E-state index contributed by atoms with van der Waals surface area (Å²) in [6, 6.07) is 2.39. The minimum atomic E-state index is -0.726. The summed E-state index contributed by atoms with van der Waals surface area (Å²) in [6.45, 7) is 5.31. The molecule has 0 radical (unpaired) electrons. The molecule has 0 unspecified atom stereocenters. The normalized spacial score (nSPS) is 11.8. The molecule has 0 aliphatic heterocycles. The van der Waals surface area contributed by atoms with Crippen molar-refractivity contribution in [3.8, 4) is 6.07 Å². The summed E-state index contributed by atoms with van der Waals surface area (Å²) >= 11 is 0. The second kappa shape index (κ2) is 6.65. The highest BCUT2D eigenvalue weighted by Crippen LogP contribution is 2.09. The molecule has 0 saturated carbocycles. The van der Waals surface area contributed by atoms with Crippen LogP contribution in [0.15, 0.2) is 17.1 Å². The van der Waals surface area contributed by atoms with E-state index in [4.69, 9.17) is 5.26 Å². The zero-order valence-corrected chi connectivity index (χ0v) is 12.0. The van der Waals surface area contributed by atoms with Gasteiger partial charge in [-0.25, -0.2) is 0 Å². The minimum absolute atomic E-state index is 0.0951. The van der Waals surface area contributed by atoms with Gasteiger partial charge in [0.15, 0.2) is 0 Å². The topological polar surface area (TPSA) is 118 Å². The molecular weight excluding hydrogens is 276 g/mol. The van der Waals surface area contributed by atoms with Crippen molar-refractivity contribution < 1.29 is 9.72 Å². The van der Waals surface area contributed by atoms with Gasteiger partial charge in [-0.2, -0.15) is 5.26 Å². The van der Waals surface area contributed by atoms with Crippen LogP contribution in [0.5, 0.6) is 0 Å². The highest BCUT2D eigenvalue weighted by atomic mass is 16.6. The number of nitrogens with one attached hydrogen (secondary N) is 1. The molecule has 1 atom stereocenters. The molecule has 112 valence electrons. The fourth-order valence-corrected chi connectivity index (χ4v) is 1.54. The smallest absolute Gasteiger partial charge is 0.287 e. The van der Waals surface area contributed by atoms with E-state index in [-0.39, 0.29) is 24.1 Å². The molecule has 0 aromatic carbocycles. The number of nitro groups is 1. The number of aromatic nitrogens is 1. The van der Waals surface area contributed by atoms with E-state index in [9.17, 15) is 19.7 Å². The van der Waals surface area contributed by atoms with Gasteiger partial charge in [-0.3, -0.25) is 24.3 Å². The molecule has 1 amide bonds. The number of carbonyl (C=O) groups excluding carboxylic acids is 1. The Labute approximate surface area is 121 Å². The predicted octanol–water partition coefficient (Wildman–Crippen LogP) is 0.789. The van der Waals surface area contributed by atoms with Gasteiger partial charge < -0.3 is 5.32 Å². The molecule has 8 heteroatoms. The van der Waals surface area contributed by atoms with Crippen LogP contribution >= 0.6 is 0 Å². The van der Waals surface area contributed by atoms with Crippen LogP contribution in [0.25, 0.3) is 0 Å².